The third-order valence-electron chi connectivity index (χ3n) is 3.89. The molecule has 1 aliphatic rings. The van der Waals surface area contributed by atoms with Crippen LogP contribution in [0.15, 0.2) is 18.2 Å². The van der Waals surface area contributed by atoms with Gasteiger partial charge in [-0.15, -0.1) is 5.10 Å². The van der Waals surface area contributed by atoms with Gasteiger partial charge in [0.05, 0.1) is 16.3 Å². The van der Waals surface area contributed by atoms with E-state index in [9.17, 15) is 4.79 Å². The topological polar surface area (TPSA) is 80.9 Å². The summed E-state index contributed by atoms with van der Waals surface area (Å²) >= 11 is 6.20. The minimum Gasteiger partial charge on any atom is -0.478 e. The number of hydrogen-bond donors (Lipinski definition) is 1. The van der Waals surface area contributed by atoms with Gasteiger partial charge in [0.15, 0.2) is 5.82 Å². The Kier molecular flexibility index (Phi) is 3.88. The number of nitrogens with zero attached hydrogens (tertiary/aromatic N) is 4. The fraction of sp³-hybridized carbons (Fsp3) is 0.429. The second-order valence-electron chi connectivity index (χ2n) is 5.26. The molecule has 3 rings (SSSR count). The van der Waals surface area contributed by atoms with E-state index >= 15 is 0 Å². The molecule has 0 atom stereocenters. The van der Waals surface area contributed by atoms with Crippen molar-refractivity contribution in [2.45, 2.75) is 38.0 Å². The average molecular weight is 307 g/mol. The summed E-state index contributed by atoms with van der Waals surface area (Å²) in [5.74, 6) is 0.135. The van der Waals surface area contributed by atoms with Crippen LogP contribution in [-0.2, 0) is 0 Å². The first-order valence-electron chi connectivity index (χ1n) is 6.98. The van der Waals surface area contributed by atoms with E-state index in [2.05, 4.69) is 15.5 Å². The predicted octanol–water partition coefficient (Wildman–Crippen LogP) is 3.06. The van der Waals surface area contributed by atoms with E-state index < -0.39 is 5.97 Å². The molecule has 7 heteroatoms. The molecule has 0 aliphatic heterocycles. The van der Waals surface area contributed by atoms with Crippen molar-refractivity contribution in [3.05, 3.63) is 34.6 Å². The molecule has 0 amide bonds. The molecule has 0 saturated heterocycles. The smallest absolute Gasteiger partial charge is 0.335 e. The first kappa shape index (κ1) is 14.0. The molecular weight excluding hydrogens is 292 g/mol. The molecule has 0 spiro atoms. The lowest BCUT2D eigenvalue weighted by molar-refractivity contribution is 0.0697. The van der Waals surface area contributed by atoms with E-state index in [4.69, 9.17) is 16.7 Å². The van der Waals surface area contributed by atoms with Gasteiger partial charge in [-0.2, -0.15) is 4.68 Å². The van der Waals surface area contributed by atoms with Crippen molar-refractivity contribution in [1.29, 1.82) is 0 Å². The summed E-state index contributed by atoms with van der Waals surface area (Å²) in [5, 5.41) is 21.2. The zero-order chi connectivity index (χ0) is 14.8. The first-order chi connectivity index (χ1) is 10.2. The van der Waals surface area contributed by atoms with Gasteiger partial charge in [0.25, 0.3) is 0 Å². The summed E-state index contributed by atoms with van der Waals surface area (Å²) in [4.78, 5) is 11.0. The molecule has 6 nitrogen and oxygen atoms in total. The minimum atomic E-state index is -1.01. The van der Waals surface area contributed by atoms with E-state index in [1.807, 2.05) is 0 Å². The third kappa shape index (κ3) is 2.76. The van der Waals surface area contributed by atoms with Gasteiger partial charge in [-0.1, -0.05) is 30.9 Å². The number of carboxylic acids is 1. The number of carbonyl (C=O) groups is 1. The molecule has 0 bridgehead atoms. The number of carboxylic acid groups (broad SMARTS) is 1. The maximum absolute atomic E-state index is 11.0. The van der Waals surface area contributed by atoms with Crippen LogP contribution in [0.25, 0.3) is 5.69 Å². The molecule has 1 aromatic carbocycles. The Morgan fingerprint density at radius 3 is 2.71 bits per heavy atom. The van der Waals surface area contributed by atoms with Gasteiger partial charge in [-0.25, -0.2) is 4.79 Å². The van der Waals surface area contributed by atoms with Crippen molar-refractivity contribution >= 4 is 17.6 Å². The maximum atomic E-state index is 11.0. The number of hydrogen-bond acceptors (Lipinski definition) is 4. The zero-order valence-corrected chi connectivity index (χ0v) is 12.1. The van der Waals surface area contributed by atoms with Crippen LogP contribution in [0.4, 0.5) is 0 Å². The fourth-order valence-electron chi connectivity index (χ4n) is 2.79. The van der Waals surface area contributed by atoms with E-state index in [1.165, 1.54) is 31.4 Å². The van der Waals surface area contributed by atoms with Crippen molar-refractivity contribution in [1.82, 2.24) is 20.2 Å². The molecule has 1 aromatic heterocycles. The van der Waals surface area contributed by atoms with Crippen LogP contribution in [-0.4, -0.2) is 31.3 Å². The van der Waals surface area contributed by atoms with E-state index in [1.54, 1.807) is 10.7 Å². The number of halogens is 1. The van der Waals surface area contributed by atoms with Gasteiger partial charge in [-0.3, -0.25) is 0 Å². The Labute approximate surface area is 126 Å². The lowest BCUT2D eigenvalue weighted by atomic mass is 9.88. The zero-order valence-electron chi connectivity index (χ0n) is 11.4. The molecule has 0 unspecified atom stereocenters. The van der Waals surface area contributed by atoms with E-state index in [0.717, 1.165) is 18.7 Å². The van der Waals surface area contributed by atoms with Crippen LogP contribution in [0, 0.1) is 0 Å². The van der Waals surface area contributed by atoms with Crippen LogP contribution in [0.3, 0.4) is 0 Å². The molecule has 2 aromatic rings. The number of aromatic carboxylic acids is 1. The van der Waals surface area contributed by atoms with Crippen molar-refractivity contribution in [3.8, 4) is 5.69 Å². The number of tetrazole rings is 1. The summed E-state index contributed by atoms with van der Waals surface area (Å²) in [6.45, 7) is 0. The van der Waals surface area contributed by atoms with Crippen molar-refractivity contribution in [3.63, 3.8) is 0 Å². The molecule has 1 fully saturated rings. The highest BCUT2D eigenvalue weighted by Gasteiger charge is 2.23. The lowest BCUT2D eigenvalue weighted by Crippen LogP contribution is -2.12. The molecule has 1 heterocycles. The van der Waals surface area contributed by atoms with Crippen molar-refractivity contribution in [2.75, 3.05) is 0 Å². The second kappa shape index (κ2) is 5.81. The van der Waals surface area contributed by atoms with Crippen LogP contribution < -0.4 is 0 Å². The second-order valence-corrected chi connectivity index (χ2v) is 5.66. The number of aromatic nitrogens is 4. The normalized spacial score (nSPS) is 16.0. The van der Waals surface area contributed by atoms with Crippen LogP contribution >= 0.6 is 11.6 Å². The molecule has 1 N–H and O–H groups in total. The highest BCUT2D eigenvalue weighted by atomic mass is 35.5. The van der Waals surface area contributed by atoms with Crippen LogP contribution in [0.2, 0.25) is 5.02 Å². The van der Waals surface area contributed by atoms with Crippen LogP contribution in [0.5, 0.6) is 0 Å². The van der Waals surface area contributed by atoms with E-state index in [-0.39, 0.29) is 5.56 Å². The lowest BCUT2D eigenvalue weighted by Gasteiger charge is -2.20. The fourth-order valence-corrected chi connectivity index (χ4v) is 3.05. The van der Waals surface area contributed by atoms with Gasteiger partial charge in [0, 0.05) is 5.92 Å². The highest BCUT2D eigenvalue weighted by molar-refractivity contribution is 6.32. The predicted molar refractivity (Wildman–Crippen MR) is 76.9 cm³/mol. The minimum absolute atomic E-state index is 0.149. The van der Waals surface area contributed by atoms with Gasteiger partial charge in [0.2, 0.25) is 0 Å². The maximum Gasteiger partial charge on any atom is 0.335 e. The molecule has 0 radical (unpaired) electrons. The molecular formula is C14H15ClN4O2. The quantitative estimate of drug-likeness (QED) is 0.942. The Morgan fingerprint density at radius 2 is 2.05 bits per heavy atom. The van der Waals surface area contributed by atoms with Gasteiger partial charge in [0.1, 0.15) is 0 Å². The largest absolute Gasteiger partial charge is 0.478 e. The number of benzene rings is 1. The highest BCUT2D eigenvalue weighted by Crippen LogP contribution is 2.33. The molecule has 1 aliphatic carbocycles. The van der Waals surface area contributed by atoms with Crippen LogP contribution in [0.1, 0.15) is 54.2 Å². The standard InChI is InChI=1S/C14H15ClN4O2/c15-11-8-10(14(20)21)6-7-12(11)19-13(16-17-18-19)9-4-2-1-3-5-9/h6-9H,1-5H2,(H,20,21). The molecule has 1 saturated carbocycles. The summed E-state index contributed by atoms with van der Waals surface area (Å²) in [5.41, 5.74) is 0.767. The molecule has 21 heavy (non-hydrogen) atoms. The third-order valence-corrected chi connectivity index (χ3v) is 4.19. The Balaban J connectivity index is 1.97. The van der Waals surface area contributed by atoms with Gasteiger partial charge >= 0.3 is 5.97 Å². The number of rotatable bonds is 3. The summed E-state index contributed by atoms with van der Waals surface area (Å²) in [6.07, 6.45) is 5.77. The average Bonchev–Trinajstić information content (AvgIpc) is 2.97. The summed E-state index contributed by atoms with van der Waals surface area (Å²) < 4.78 is 1.63. The summed E-state index contributed by atoms with van der Waals surface area (Å²) in [6, 6.07) is 4.58. The van der Waals surface area contributed by atoms with Crippen molar-refractivity contribution in [2.24, 2.45) is 0 Å². The van der Waals surface area contributed by atoms with Gasteiger partial charge < -0.3 is 5.11 Å². The SMILES string of the molecule is O=C(O)c1ccc(-n2nnnc2C2CCCCC2)c(Cl)c1. The van der Waals surface area contributed by atoms with Gasteiger partial charge in [-0.05, 0) is 41.5 Å². The Bertz CT molecular complexity index is 665. The van der Waals surface area contributed by atoms with E-state index in [0.29, 0.717) is 16.6 Å². The van der Waals surface area contributed by atoms with Crippen molar-refractivity contribution < 1.29 is 9.90 Å². The Morgan fingerprint density at radius 1 is 1.29 bits per heavy atom. The Hall–Kier alpha value is -1.95. The monoisotopic (exact) mass is 306 g/mol. The first-order valence-corrected chi connectivity index (χ1v) is 7.36. The summed E-state index contributed by atoms with van der Waals surface area (Å²) in [7, 11) is 0. The molecule has 110 valence electrons.